The molecule has 7 heteroatoms. The second kappa shape index (κ2) is 10.5. The predicted octanol–water partition coefficient (Wildman–Crippen LogP) is 7.05. The van der Waals surface area contributed by atoms with Crippen molar-refractivity contribution >= 4 is 23.6 Å². The van der Waals surface area contributed by atoms with E-state index >= 15 is 0 Å². The quantitative estimate of drug-likeness (QED) is 0.427. The van der Waals surface area contributed by atoms with E-state index in [4.69, 9.17) is 14.5 Å². The number of amides is 2. The van der Waals surface area contributed by atoms with Crippen LogP contribution < -0.4 is 4.90 Å². The zero-order valence-electron chi connectivity index (χ0n) is 21.6. The summed E-state index contributed by atoms with van der Waals surface area (Å²) in [6.45, 7) is 16.8. The fourth-order valence-electron chi connectivity index (χ4n) is 3.18. The number of allylic oxidation sites excluding steroid dienone is 2. The van der Waals surface area contributed by atoms with Gasteiger partial charge in [0.25, 0.3) is 0 Å². The molecule has 2 rings (SSSR count). The standard InChI is InChI=1S/C26H39N3O4/c1-10-11-21(28-22(17(2)3)18-12-13-18)20-15-14-19(16-27-20)29(23(30)32-25(4,5)6)24(31)33-26(7,8)9/h14-16,18H,10-13H2,1-9H3. The van der Waals surface area contributed by atoms with E-state index in [1.165, 1.54) is 24.6 Å². The van der Waals surface area contributed by atoms with Crippen molar-refractivity contribution in [1.29, 1.82) is 0 Å². The van der Waals surface area contributed by atoms with Crippen LogP contribution in [0.2, 0.25) is 0 Å². The van der Waals surface area contributed by atoms with Crippen LogP contribution in [0.1, 0.15) is 93.7 Å². The fraction of sp³-hybridized carbons (Fsp3) is 0.615. The van der Waals surface area contributed by atoms with Crippen LogP contribution in [-0.2, 0) is 9.47 Å². The molecule has 0 N–H and O–H groups in total. The topological polar surface area (TPSA) is 81.1 Å². The highest BCUT2D eigenvalue weighted by Crippen LogP contribution is 2.39. The smallest absolute Gasteiger partial charge is 0.424 e. The number of rotatable bonds is 6. The molecule has 1 aliphatic rings. The summed E-state index contributed by atoms with van der Waals surface area (Å²) >= 11 is 0. The lowest BCUT2D eigenvalue weighted by atomic mass is 10.1. The molecule has 0 saturated heterocycles. The molecule has 1 aromatic heterocycles. The number of anilines is 1. The van der Waals surface area contributed by atoms with Crippen LogP contribution >= 0.6 is 0 Å². The lowest BCUT2D eigenvalue weighted by Crippen LogP contribution is -2.43. The first-order chi connectivity index (χ1) is 15.2. The average molecular weight is 458 g/mol. The molecule has 0 radical (unpaired) electrons. The highest BCUT2D eigenvalue weighted by Gasteiger charge is 2.33. The molecular weight excluding hydrogens is 418 g/mol. The van der Waals surface area contributed by atoms with Crippen molar-refractivity contribution in [2.75, 3.05) is 4.90 Å². The summed E-state index contributed by atoms with van der Waals surface area (Å²) in [4.78, 5) is 36.1. The van der Waals surface area contributed by atoms with Crippen LogP contribution in [-0.4, -0.2) is 34.1 Å². The second-order valence-corrected chi connectivity index (χ2v) is 10.7. The molecule has 0 spiro atoms. The first-order valence-corrected chi connectivity index (χ1v) is 11.7. The van der Waals surface area contributed by atoms with Crippen LogP contribution in [0.5, 0.6) is 0 Å². The van der Waals surface area contributed by atoms with E-state index in [2.05, 4.69) is 25.8 Å². The molecule has 0 aliphatic heterocycles. The van der Waals surface area contributed by atoms with Gasteiger partial charge in [-0.2, -0.15) is 4.90 Å². The summed E-state index contributed by atoms with van der Waals surface area (Å²) in [6.07, 6.45) is 3.95. The van der Waals surface area contributed by atoms with E-state index in [0.717, 1.165) is 34.8 Å². The van der Waals surface area contributed by atoms with Crippen molar-refractivity contribution in [3.8, 4) is 0 Å². The van der Waals surface area contributed by atoms with E-state index in [1.807, 2.05) is 0 Å². The van der Waals surface area contributed by atoms with Crippen molar-refractivity contribution in [2.45, 2.75) is 99.2 Å². The number of hydrogen-bond acceptors (Lipinski definition) is 6. The Hall–Kier alpha value is -2.70. The van der Waals surface area contributed by atoms with Crippen molar-refractivity contribution in [1.82, 2.24) is 4.98 Å². The van der Waals surface area contributed by atoms with Gasteiger partial charge < -0.3 is 9.47 Å². The van der Waals surface area contributed by atoms with Crippen molar-refractivity contribution < 1.29 is 19.1 Å². The van der Waals surface area contributed by atoms with E-state index in [0.29, 0.717) is 5.92 Å². The molecule has 2 amide bonds. The number of ether oxygens (including phenoxy) is 2. The number of imide groups is 1. The molecule has 7 nitrogen and oxygen atoms in total. The molecule has 1 saturated carbocycles. The van der Waals surface area contributed by atoms with Crippen molar-refractivity contribution in [3.05, 3.63) is 35.3 Å². The highest BCUT2D eigenvalue weighted by molar-refractivity contribution is 6.09. The predicted molar refractivity (Wildman–Crippen MR) is 132 cm³/mol. The van der Waals surface area contributed by atoms with Gasteiger partial charge in [0.1, 0.15) is 11.2 Å². The van der Waals surface area contributed by atoms with Crippen molar-refractivity contribution in [3.63, 3.8) is 0 Å². The van der Waals surface area contributed by atoms with E-state index in [9.17, 15) is 9.59 Å². The van der Waals surface area contributed by atoms with Gasteiger partial charge in [0, 0.05) is 11.6 Å². The Morgan fingerprint density at radius 3 is 1.94 bits per heavy atom. The zero-order chi connectivity index (χ0) is 25.0. The second-order valence-electron chi connectivity index (χ2n) is 10.7. The van der Waals surface area contributed by atoms with Gasteiger partial charge >= 0.3 is 12.2 Å². The Bertz CT molecular complexity index is 882. The van der Waals surface area contributed by atoms with Crippen molar-refractivity contribution in [2.24, 2.45) is 10.9 Å². The monoisotopic (exact) mass is 457 g/mol. The van der Waals surface area contributed by atoms with Gasteiger partial charge in [0.15, 0.2) is 0 Å². The SMILES string of the molecule is CCCC(=NC(=C(C)C)C1CC1)c1ccc(N(C(=O)OC(C)(C)C)C(=O)OC(C)(C)C)cn1. The molecule has 33 heavy (non-hydrogen) atoms. The van der Waals surface area contributed by atoms with Gasteiger partial charge in [0.05, 0.1) is 23.3 Å². The lowest BCUT2D eigenvalue weighted by Gasteiger charge is -2.28. The highest BCUT2D eigenvalue weighted by atomic mass is 16.6. The van der Waals surface area contributed by atoms with Gasteiger partial charge in [-0.3, -0.25) is 9.98 Å². The third-order valence-corrected chi connectivity index (χ3v) is 4.67. The lowest BCUT2D eigenvalue weighted by molar-refractivity contribution is 0.0430. The van der Waals surface area contributed by atoms with Gasteiger partial charge in [-0.1, -0.05) is 18.9 Å². The number of carbonyl (C=O) groups excluding carboxylic acids is 2. The minimum atomic E-state index is -0.811. The van der Waals surface area contributed by atoms with Gasteiger partial charge in [0.2, 0.25) is 0 Å². The fourth-order valence-corrected chi connectivity index (χ4v) is 3.18. The number of pyridine rings is 1. The maximum atomic E-state index is 12.9. The maximum Gasteiger partial charge on any atom is 0.424 e. The molecule has 182 valence electrons. The van der Waals surface area contributed by atoms with Crippen LogP contribution in [0, 0.1) is 5.92 Å². The summed E-state index contributed by atoms with van der Waals surface area (Å²) < 4.78 is 10.9. The third kappa shape index (κ3) is 8.30. The summed E-state index contributed by atoms with van der Waals surface area (Å²) in [5.74, 6) is 0.538. The summed E-state index contributed by atoms with van der Waals surface area (Å²) in [5.41, 5.74) is 2.76. The molecule has 0 aromatic carbocycles. The first-order valence-electron chi connectivity index (χ1n) is 11.7. The van der Waals surface area contributed by atoms with E-state index in [-0.39, 0.29) is 5.69 Å². The molecular formula is C26H39N3O4. The van der Waals surface area contributed by atoms with Crippen LogP contribution in [0.3, 0.4) is 0 Å². The van der Waals surface area contributed by atoms with E-state index in [1.54, 1.807) is 53.7 Å². The minimum Gasteiger partial charge on any atom is -0.443 e. The molecule has 1 heterocycles. The Kier molecular flexibility index (Phi) is 8.44. The molecule has 0 bridgehead atoms. The number of aliphatic imine (C=N–C) groups is 1. The van der Waals surface area contributed by atoms with Gasteiger partial charge in [-0.25, -0.2) is 9.59 Å². The molecule has 1 fully saturated rings. The normalized spacial score (nSPS) is 14.5. The Morgan fingerprint density at radius 2 is 1.58 bits per heavy atom. The number of aromatic nitrogens is 1. The maximum absolute atomic E-state index is 12.9. The Morgan fingerprint density at radius 1 is 1.03 bits per heavy atom. The summed E-state index contributed by atoms with van der Waals surface area (Å²) in [7, 11) is 0. The number of hydrogen-bond donors (Lipinski definition) is 0. The van der Waals surface area contributed by atoms with E-state index < -0.39 is 23.4 Å². The molecule has 1 aromatic rings. The number of carbonyl (C=O) groups is 2. The largest absolute Gasteiger partial charge is 0.443 e. The average Bonchev–Trinajstić information content (AvgIpc) is 3.47. The third-order valence-electron chi connectivity index (χ3n) is 4.67. The first kappa shape index (κ1) is 26.6. The van der Waals surface area contributed by atoms with Crippen LogP contribution in [0.15, 0.2) is 34.6 Å². The molecule has 0 atom stereocenters. The Labute approximate surface area is 198 Å². The van der Waals surface area contributed by atoms with Gasteiger partial charge in [-0.05, 0) is 86.8 Å². The zero-order valence-corrected chi connectivity index (χ0v) is 21.6. The van der Waals surface area contributed by atoms with Gasteiger partial charge in [-0.15, -0.1) is 0 Å². The van der Waals surface area contributed by atoms with Crippen LogP contribution in [0.25, 0.3) is 0 Å². The molecule has 0 unspecified atom stereocenters. The molecule has 1 aliphatic carbocycles. The summed E-state index contributed by atoms with van der Waals surface area (Å²) in [6, 6.07) is 3.47. The minimum absolute atomic E-state index is 0.280. The summed E-state index contributed by atoms with van der Waals surface area (Å²) in [5, 5.41) is 0. The Balaban J connectivity index is 2.41. The van der Waals surface area contributed by atoms with Crippen LogP contribution in [0.4, 0.5) is 15.3 Å². The number of nitrogens with zero attached hydrogens (tertiary/aromatic N) is 3.